The van der Waals surface area contributed by atoms with Crippen molar-refractivity contribution in [1.29, 1.82) is 0 Å². The van der Waals surface area contributed by atoms with Gasteiger partial charge in [0.15, 0.2) is 0 Å². The summed E-state index contributed by atoms with van der Waals surface area (Å²) < 4.78 is 26.0. The normalized spacial score (nSPS) is 12.2. The van der Waals surface area contributed by atoms with Crippen molar-refractivity contribution in [2.24, 2.45) is 0 Å². The van der Waals surface area contributed by atoms with Crippen molar-refractivity contribution in [3.05, 3.63) is 30.3 Å². The standard InChI is InChI=1S/C13H20N2O4S/c1-13(2,8-9-16)15-12(17)10-14-20(18,19)11-6-4-3-5-7-11/h3-7,14,16H,8-10H2,1-2H3,(H,15,17). The molecule has 0 saturated carbocycles. The number of rotatable bonds is 7. The maximum Gasteiger partial charge on any atom is 0.241 e. The highest BCUT2D eigenvalue weighted by molar-refractivity contribution is 7.89. The fraction of sp³-hybridized carbons (Fsp3) is 0.462. The minimum atomic E-state index is -3.68. The molecule has 0 unspecified atom stereocenters. The van der Waals surface area contributed by atoms with Crippen LogP contribution in [-0.4, -0.2) is 38.1 Å². The second-order valence-corrected chi connectivity index (χ2v) is 6.81. The summed E-state index contributed by atoms with van der Waals surface area (Å²) in [5.74, 6) is -0.442. The van der Waals surface area contributed by atoms with Crippen molar-refractivity contribution >= 4 is 15.9 Å². The third-order valence-electron chi connectivity index (χ3n) is 2.69. The highest BCUT2D eigenvalue weighted by atomic mass is 32.2. The molecule has 0 aliphatic carbocycles. The molecule has 0 fully saturated rings. The largest absolute Gasteiger partial charge is 0.396 e. The number of aliphatic hydroxyl groups excluding tert-OH is 1. The molecule has 6 nitrogen and oxygen atoms in total. The van der Waals surface area contributed by atoms with Gasteiger partial charge in [0.25, 0.3) is 0 Å². The van der Waals surface area contributed by atoms with Crippen LogP contribution in [0.3, 0.4) is 0 Å². The van der Waals surface area contributed by atoms with Gasteiger partial charge in [-0.25, -0.2) is 13.1 Å². The molecule has 0 bridgehead atoms. The third-order valence-corrected chi connectivity index (χ3v) is 4.11. The summed E-state index contributed by atoms with van der Waals surface area (Å²) in [6.45, 7) is 3.12. The molecule has 0 heterocycles. The van der Waals surface area contributed by atoms with Crippen molar-refractivity contribution in [1.82, 2.24) is 10.0 Å². The number of sulfonamides is 1. The Balaban J connectivity index is 2.57. The van der Waals surface area contributed by atoms with Crippen molar-refractivity contribution in [3.63, 3.8) is 0 Å². The van der Waals surface area contributed by atoms with Crippen molar-refractivity contribution in [2.75, 3.05) is 13.2 Å². The lowest BCUT2D eigenvalue weighted by atomic mass is 10.0. The van der Waals surface area contributed by atoms with E-state index in [1.165, 1.54) is 12.1 Å². The van der Waals surface area contributed by atoms with Gasteiger partial charge in [-0.15, -0.1) is 0 Å². The lowest BCUT2D eigenvalue weighted by molar-refractivity contribution is -0.121. The van der Waals surface area contributed by atoms with Crippen LogP contribution in [0.4, 0.5) is 0 Å². The molecule has 7 heteroatoms. The summed E-state index contributed by atoms with van der Waals surface area (Å²) in [5, 5.41) is 11.5. The van der Waals surface area contributed by atoms with Crippen molar-refractivity contribution in [2.45, 2.75) is 30.7 Å². The highest BCUT2D eigenvalue weighted by Gasteiger charge is 2.21. The molecule has 1 rings (SSSR count). The molecule has 1 amide bonds. The van der Waals surface area contributed by atoms with Crippen LogP contribution in [0.15, 0.2) is 35.2 Å². The Bertz CT molecular complexity index is 541. The van der Waals surface area contributed by atoms with Crippen LogP contribution in [0.2, 0.25) is 0 Å². The van der Waals surface area contributed by atoms with E-state index in [2.05, 4.69) is 10.0 Å². The molecule has 1 aromatic carbocycles. The molecule has 20 heavy (non-hydrogen) atoms. The molecule has 0 spiro atoms. The number of hydrogen-bond donors (Lipinski definition) is 3. The Kier molecular flexibility index (Phi) is 5.67. The first-order valence-electron chi connectivity index (χ1n) is 6.23. The molecule has 0 radical (unpaired) electrons. The van der Waals surface area contributed by atoms with Gasteiger partial charge in [0.05, 0.1) is 11.4 Å². The average Bonchev–Trinajstić information content (AvgIpc) is 2.37. The van der Waals surface area contributed by atoms with E-state index in [-0.39, 0.29) is 18.0 Å². The molecular weight excluding hydrogens is 280 g/mol. The summed E-state index contributed by atoms with van der Waals surface area (Å²) in [6, 6.07) is 7.84. The molecule has 0 aliphatic rings. The van der Waals surface area contributed by atoms with E-state index in [1.54, 1.807) is 32.0 Å². The molecule has 0 saturated heterocycles. The first-order valence-corrected chi connectivity index (χ1v) is 7.72. The fourth-order valence-corrected chi connectivity index (χ4v) is 2.61. The van der Waals surface area contributed by atoms with Crippen LogP contribution in [0.5, 0.6) is 0 Å². The number of amides is 1. The van der Waals surface area contributed by atoms with Crippen LogP contribution in [0.25, 0.3) is 0 Å². The van der Waals surface area contributed by atoms with Gasteiger partial charge in [-0.1, -0.05) is 18.2 Å². The number of hydrogen-bond acceptors (Lipinski definition) is 4. The SMILES string of the molecule is CC(C)(CCO)NC(=O)CNS(=O)(=O)c1ccccc1. The minimum Gasteiger partial charge on any atom is -0.396 e. The van der Waals surface area contributed by atoms with Gasteiger partial charge in [-0.05, 0) is 32.4 Å². The Morgan fingerprint density at radius 3 is 2.40 bits per heavy atom. The molecule has 0 atom stereocenters. The number of benzene rings is 1. The van der Waals surface area contributed by atoms with Crippen LogP contribution >= 0.6 is 0 Å². The van der Waals surface area contributed by atoms with Gasteiger partial charge in [0, 0.05) is 12.1 Å². The smallest absolute Gasteiger partial charge is 0.241 e. The van der Waals surface area contributed by atoms with Gasteiger partial charge in [-0.3, -0.25) is 4.79 Å². The summed E-state index contributed by atoms with van der Waals surface area (Å²) in [4.78, 5) is 11.8. The summed E-state index contributed by atoms with van der Waals surface area (Å²) >= 11 is 0. The molecular formula is C13H20N2O4S. The van der Waals surface area contributed by atoms with E-state index in [0.29, 0.717) is 6.42 Å². The maximum absolute atomic E-state index is 11.9. The van der Waals surface area contributed by atoms with Gasteiger partial charge >= 0.3 is 0 Å². The van der Waals surface area contributed by atoms with Crippen LogP contribution in [0.1, 0.15) is 20.3 Å². The maximum atomic E-state index is 11.9. The van der Waals surface area contributed by atoms with Crippen LogP contribution in [-0.2, 0) is 14.8 Å². The second-order valence-electron chi connectivity index (χ2n) is 5.04. The topological polar surface area (TPSA) is 95.5 Å². The zero-order valence-corrected chi connectivity index (χ0v) is 12.4. The lowest BCUT2D eigenvalue weighted by Crippen LogP contribution is -2.48. The van der Waals surface area contributed by atoms with E-state index in [9.17, 15) is 13.2 Å². The molecule has 112 valence electrons. The third kappa shape index (κ3) is 5.28. The van der Waals surface area contributed by atoms with E-state index < -0.39 is 21.5 Å². The highest BCUT2D eigenvalue weighted by Crippen LogP contribution is 2.08. The Labute approximate surface area is 119 Å². The summed E-state index contributed by atoms with van der Waals surface area (Å²) in [7, 11) is -3.68. The Hall–Kier alpha value is -1.44. The average molecular weight is 300 g/mol. The monoisotopic (exact) mass is 300 g/mol. The van der Waals surface area contributed by atoms with Gasteiger partial charge in [0.1, 0.15) is 0 Å². The van der Waals surface area contributed by atoms with E-state index in [4.69, 9.17) is 5.11 Å². The van der Waals surface area contributed by atoms with Crippen molar-refractivity contribution < 1.29 is 18.3 Å². The fourth-order valence-electron chi connectivity index (χ4n) is 1.61. The molecule has 0 aromatic heterocycles. The lowest BCUT2D eigenvalue weighted by Gasteiger charge is -2.25. The van der Waals surface area contributed by atoms with E-state index in [0.717, 1.165) is 0 Å². The molecule has 0 aliphatic heterocycles. The Morgan fingerprint density at radius 1 is 1.25 bits per heavy atom. The zero-order valence-electron chi connectivity index (χ0n) is 11.6. The number of carbonyl (C=O) groups excluding carboxylic acids is 1. The predicted octanol–water partition coefficient (Wildman–Crippen LogP) is 0.242. The molecule has 1 aromatic rings. The predicted molar refractivity (Wildman–Crippen MR) is 75.6 cm³/mol. The number of aliphatic hydroxyl groups is 1. The van der Waals surface area contributed by atoms with Gasteiger partial charge in [-0.2, -0.15) is 0 Å². The summed E-state index contributed by atoms with van der Waals surface area (Å²) in [6.07, 6.45) is 0.393. The number of nitrogens with one attached hydrogen (secondary N) is 2. The van der Waals surface area contributed by atoms with E-state index >= 15 is 0 Å². The van der Waals surface area contributed by atoms with Crippen LogP contribution in [0, 0.1) is 0 Å². The number of carbonyl (C=O) groups is 1. The Morgan fingerprint density at radius 2 is 1.85 bits per heavy atom. The minimum absolute atomic E-state index is 0.0526. The second kappa shape index (κ2) is 6.83. The van der Waals surface area contributed by atoms with Gasteiger partial charge < -0.3 is 10.4 Å². The van der Waals surface area contributed by atoms with Crippen LogP contribution < -0.4 is 10.0 Å². The first kappa shape index (κ1) is 16.6. The summed E-state index contributed by atoms with van der Waals surface area (Å²) in [5.41, 5.74) is -0.579. The first-order chi connectivity index (χ1) is 9.27. The zero-order chi connectivity index (χ0) is 15.2. The molecule has 3 N–H and O–H groups in total. The van der Waals surface area contributed by atoms with Gasteiger partial charge in [0.2, 0.25) is 15.9 Å². The quantitative estimate of drug-likeness (QED) is 0.672. The van der Waals surface area contributed by atoms with Crippen molar-refractivity contribution in [3.8, 4) is 0 Å². The van der Waals surface area contributed by atoms with E-state index in [1.807, 2.05) is 0 Å².